The summed E-state index contributed by atoms with van der Waals surface area (Å²) in [5, 5.41) is 0. The Hall–Kier alpha value is -0.960. The molecule has 0 saturated heterocycles. The second-order valence-corrected chi connectivity index (χ2v) is 7.55. The molecule has 3 N–H and O–H groups in total. The highest BCUT2D eigenvalue weighted by atomic mass is 79.9. The molecule has 0 spiro atoms. The van der Waals surface area contributed by atoms with Gasteiger partial charge in [-0.2, -0.15) is 0 Å². The number of hydrogen-bond donors (Lipinski definition) is 2. The highest BCUT2D eigenvalue weighted by Crippen LogP contribution is 2.20. The van der Waals surface area contributed by atoms with Crippen molar-refractivity contribution in [1.29, 1.82) is 0 Å². The van der Waals surface area contributed by atoms with E-state index in [9.17, 15) is 8.42 Å². The molecule has 0 saturated carbocycles. The van der Waals surface area contributed by atoms with E-state index < -0.39 is 10.0 Å². The molecule has 1 aromatic carbocycles. The van der Waals surface area contributed by atoms with Gasteiger partial charge in [-0.3, -0.25) is 0 Å². The van der Waals surface area contributed by atoms with Crippen molar-refractivity contribution in [3.05, 3.63) is 51.0 Å². The zero-order valence-corrected chi connectivity index (χ0v) is 14.2. The first kappa shape index (κ1) is 15.4. The molecule has 2 aromatic rings. The lowest BCUT2D eigenvalue weighted by Crippen LogP contribution is -2.24. The molecule has 0 aliphatic carbocycles. The van der Waals surface area contributed by atoms with Gasteiger partial charge < -0.3 is 5.73 Å². The first-order valence-corrected chi connectivity index (χ1v) is 8.60. The van der Waals surface area contributed by atoms with Gasteiger partial charge in [0, 0.05) is 21.7 Å². The first-order chi connectivity index (χ1) is 9.38. The van der Waals surface area contributed by atoms with Gasteiger partial charge in [0.05, 0.1) is 0 Å². The minimum atomic E-state index is -3.70. The number of nitrogens with zero attached hydrogens (tertiary/aromatic N) is 1. The molecule has 106 valence electrons. The molecule has 1 heterocycles. The SMILES string of the molecule is Nc1ncc(Br)cc1S(=O)(=O)NCc1ccc(Br)cc1. The number of hydrogen-bond acceptors (Lipinski definition) is 4. The Balaban J connectivity index is 2.19. The second-order valence-electron chi connectivity index (χ2n) is 3.99. The number of rotatable bonds is 4. The number of nitrogen functional groups attached to an aromatic ring is 1. The van der Waals surface area contributed by atoms with Crippen LogP contribution in [0, 0.1) is 0 Å². The van der Waals surface area contributed by atoms with Gasteiger partial charge in [-0.25, -0.2) is 18.1 Å². The predicted molar refractivity (Wildman–Crippen MR) is 84.5 cm³/mol. The van der Waals surface area contributed by atoms with E-state index in [0.29, 0.717) is 4.47 Å². The van der Waals surface area contributed by atoms with Crippen LogP contribution in [0.4, 0.5) is 5.82 Å². The van der Waals surface area contributed by atoms with Gasteiger partial charge in [-0.05, 0) is 39.7 Å². The molecule has 1 aromatic heterocycles. The molecule has 0 radical (unpaired) electrons. The third kappa shape index (κ3) is 3.78. The summed E-state index contributed by atoms with van der Waals surface area (Å²) in [7, 11) is -3.70. The molecule has 2 rings (SSSR count). The van der Waals surface area contributed by atoms with E-state index >= 15 is 0 Å². The second kappa shape index (κ2) is 6.21. The van der Waals surface area contributed by atoms with Crippen LogP contribution in [-0.4, -0.2) is 13.4 Å². The van der Waals surface area contributed by atoms with E-state index in [-0.39, 0.29) is 17.3 Å². The fraction of sp³-hybridized carbons (Fsp3) is 0.0833. The molecule has 0 aliphatic heterocycles. The van der Waals surface area contributed by atoms with E-state index in [4.69, 9.17) is 5.73 Å². The summed E-state index contributed by atoms with van der Waals surface area (Å²) >= 11 is 6.50. The molecule has 0 bridgehead atoms. The van der Waals surface area contributed by atoms with Crippen LogP contribution < -0.4 is 10.5 Å². The molecule has 0 unspecified atom stereocenters. The van der Waals surface area contributed by atoms with Gasteiger partial charge >= 0.3 is 0 Å². The lowest BCUT2D eigenvalue weighted by atomic mass is 10.2. The third-order valence-electron chi connectivity index (χ3n) is 2.52. The molecule has 8 heteroatoms. The van der Waals surface area contributed by atoms with Gasteiger partial charge in [-0.1, -0.05) is 28.1 Å². The van der Waals surface area contributed by atoms with Crippen molar-refractivity contribution in [3.8, 4) is 0 Å². The van der Waals surface area contributed by atoms with Gasteiger partial charge in [0.15, 0.2) is 0 Å². The quantitative estimate of drug-likeness (QED) is 0.796. The van der Waals surface area contributed by atoms with Crippen molar-refractivity contribution >= 4 is 47.7 Å². The van der Waals surface area contributed by atoms with Gasteiger partial charge in [0.25, 0.3) is 0 Å². The highest BCUT2D eigenvalue weighted by molar-refractivity contribution is 9.10. The Bertz CT molecular complexity index is 718. The first-order valence-electron chi connectivity index (χ1n) is 5.53. The number of nitrogens with one attached hydrogen (secondary N) is 1. The highest BCUT2D eigenvalue weighted by Gasteiger charge is 2.18. The normalized spacial score (nSPS) is 11.5. The zero-order chi connectivity index (χ0) is 14.8. The van der Waals surface area contributed by atoms with E-state index in [2.05, 4.69) is 41.6 Å². The molecule has 0 amide bonds. The number of sulfonamides is 1. The maximum absolute atomic E-state index is 12.2. The molecule has 5 nitrogen and oxygen atoms in total. The van der Waals surface area contributed by atoms with E-state index in [0.717, 1.165) is 10.0 Å². The summed E-state index contributed by atoms with van der Waals surface area (Å²) in [6.07, 6.45) is 1.45. The number of aromatic nitrogens is 1. The Labute approximate surface area is 133 Å². The summed E-state index contributed by atoms with van der Waals surface area (Å²) in [6, 6.07) is 8.77. The number of halogens is 2. The third-order valence-corrected chi connectivity index (χ3v) is 4.91. The Kier molecular flexibility index (Phi) is 4.79. The molecule has 0 atom stereocenters. The van der Waals surface area contributed by atoms with Crippen molar-refractivity contribution in [2.75, 3.05) is 5.73 Å². The van der Waals surface area contributed by atoms with Crippen molar-refractivity contribution in [3.63, 3.8) is 0 Å². The monoisotopic (exact) mass is 419 g/mol. The maximum atomic E-state index is 12.2. The van der Waals surface area contributed by atoms with Crippen LogP contribution in [0.3, 0.4) is 0 Å². The van der Waals surface area contributed by atoms with Gasteiger partial charge in [-0.15, -0.1) is 0 Å². The lowest BCUT2D eigenvalue weighted by molar-refractivity contribution is 0.581. The number of anilines is 1. The van der Waals surface area contributed by atoms with Crippen LogP contribution in [-0.2, 0) is 16.6 Å². The standard InChI is InChI=1S/C12H11Br2N3O2S/c13-9-3-1-8(2-4-9)6-17-20(18,19)11-5-10(14)7-16-12(11)15/h1-5,7,17H,6H2,(H2,15,16). The largest absolute Gasteiger partial charge is 0.383 e. The summed E-state index contributed by atoms with van der Waals surface area (Å²) in [5.74, 6) is -0.0310. The van der Waals surface area contributed by atoms with Crippen LogP contribution in [0.1, 0.15) is 5.56 Å². The number of nitrogens with two attached hydrogens (primary N) is 1. The van der Waals surface area contributed by atoms with E-state index in [1.807, 2.05) is 24.3 Å². The summed E-state index contributed by atoms with van der Waals surface area (Å²) in [4.78, 5) is 3.78. The smallest absolute Gasteiger partial charge is 0.244 e. The van der Waals surface area contributed by atoms with Crippen LogP contribution >= 0.6 is 31.9 Å². The Morgan fingerprint density at radius 3 is 2.45 bits per heavy atom. The molecule has 0 fully saturated rings. The minimum Gasteiger partial charge on any atom is -0.383 e. The Morgan fingerprint density at radius 1 is 1.15 bits per heavy atom. The summed E-state index contributed by atoms with van der Waals surface area (Å²) in [5.41, 5.74) is 6.45. The molecule has 0 aliphatic rings. The fourth-order valence-corrected chi connectivity index (χ4v) is 3.37. The number of pyridine rings is 1. The van der Waals surface area contributed by atoms with Crippen molar-refractivity contribution in [2.45, 2.75) is 11.4 Å². The van der Waals surface area contributed by atoms with Crippen molar-refractivity contribution < 1.29 is 8.42 Å². The van der Waals surface area contributed by atoms with E-state index in [1.165, 1.54) is 12.3 Å². The molecule has 20 heavy (non-hydrogen) atoms. The summed E-state index contributed by atoms with van der Waals surface area (Å²) in [6.45, 7) is 0.182. The zero-order valence-electron chi connectivity index (χ0n) is 10.2. The van der Waals surface area contributed by atoms with Crippen LogP contribution in [0.5, 0.6) is 0 Å². The summed E-state index contributed by atoms with van der Waals surface area (Å²) < 4.78 is 28.4. The fourth-order valence-electron chi connectivity index (χ4n) is 1.50. The van der Waals surface area contributed by atoms with Crippen molar-refractivity contribution in [2.24, 2.45) is 0 Å². The molecular weight excluding hydrogens is 410 g/mol. The van der Waals surface area contributed by atoms with Crippen LogP contribution in [0.2, 0.25) is 0 Å². The minimum absolute atomic E-state index is 0.0310. The predicted octanol–water partition coefficient (Wildman–Crippen LogP) is 2.67. The number of benzene rings is 1. The van der Waals surface area contributed by atoms with Crippen LogP contribution in [0.15, 0.2) is 50.4 Å². The van der Waals surface area contributed by atoms with Crippen molar-refractivity contribution in [1.82, 2.24) is 9.71 Å². The Morgan fingerprint density at radius 2 is 1.80 bits per heavy atom. The van der Waals surface area contributed by atoms with Gasteiger partial charge in [0.1, 0.15) is 10.7 Å². The maximum Gasteiger partial charge on any atom is 0.244 e. The molecular formula is C12H11Br2N3O2S. The van der Waals surface area contributed by atoms with E-state index in [1.54, 1.807) is 0 Å². The topological polar surface area (TPSA) is 85.1 Å². The lowest BCUT2D eigenvalue weighted by Gasteiger charge is -2.09. The van der Waals surface area contributed by atoms with Gasteiger partial charge in [0.2, 0.25) is 10.0 Å². The average Bonchev–Trinajstić information content (AvgIpc) is 2.41. The average molecular weight is 421 g/mol. The van der Waals surface area contributed by atoms with Crippen LogP contribution in [0.25, 0.3) is 0 Å².